The van der Waals surface area contributed by atoms with Crippen molar-refractivity contribution < 1.29 is 0 Å². The second kappa shape index (κ2) is 3.22. The van der Waals surface area contributed by atoms with Gasteiger partial charge in [0.15, 0.2) is 0 Å². The molecule has 0 radical (unpaired) electrons. The van der Waals surface area contributed by atoms with Crippen LogP contribution in [0.3, 0.4) is 0 Å². The molecule has 0 fully saturated rings. The van der Waals surface area contributed by atoms with Crippen molar-refractivity contribution in [3.63, 3.8) is 0 Å². The molecule has 0 aliphatic carbocycles. The second-order valence-electron chi connectivity index (χ2n) is 2.72. The van der Waals surface area contributed by atoms with Crippen LogP contribution in [0.1, 0.15) is 16.7 Å². The van der Waals surface area contributed by atoms with Crippen LogP contribution in [0, 0.1) is 13.8 Å². The summed E-state index contributed by atoms with van der Waals surface area (Å²) >= 11 is 3.36. The highest BCUT2D eigenvalue weighted by Crippen LogP contribution is 2.22. The average Bonchev–Trinajstić information content (AvgIpc) is 1.85. The number of hydrogen-bond donors (Lipinski definition) is 0. The predicted octanol–water partition coefficient (Wildman–Crippen LogP) is 3.67. The molecule has 1 aromatic rings. The number of rotatable bonds is 1. The summed E-state index contributed by atoms with van der Waals surface area (Å²) in [5.41, 5.74) is 3.75. The van der Waals surface area contributed by atoms with Crippen molar-refractivity contribution in [2.45, 2.75) is 13.8 Å². The van der Waals surface area contributed by atoms with Gasteiger partial charge in [-0.2, -0.15) is 0 Å². The van der Waals surface area contributed by atoms with Crippen LogP contribution in [0.15, 0.2) is 24.8 Å². The van der Waals surface area contributed by atoms with E-state index in [1.165, 1.54) is 16.7 Å². The summed E-state index contributed by atoms with van der Waals surface area (Å²) in [6.07, 6.45) is 0. The Labute approximate surface area is 76.1 Å². The van der Waals surface area contributed by atoms with E-state index in [0.29, 0.717) is 0 Å². The molecule has 0 saturated heterocycles. The molecule has 1 aromatic carbocycles. The lowest BCUT2D eigenvalue weighted by molar-refractivity contribution is 1.37. The zero-order valence-corrected chi connectivity index (χ0v) is 8.40. The van der Waals surface area contributed by atoms with E-state index >= 15 is 0 Å². The van der Waals surface area contributed by atoms with E-state index in [9.17, 15) is 0 Å². The average molecular weight is 211 g/mol. The lowest BCUT2D eigenvalue weighted by Crippen LogP contribution is -1.83. The van der Waals surface area contributed by atoms with Gasteiger partial charge in [-0.15, -0.1) is 0 Å². The first-order valence-corrected chi connectivity index (χ1v) is 4.32. The molecule has 0 heterocycles. The van der Waals surface area contributed by atoms with Gasteiger partial charge in [0.05, 0.1) is 0 Å². The Balaban J connectivity index is 3.20. The minimum atomic E-state index is 0.954. The van der Waals surface area contributed by atoms with Crippen molar-refractivity contribution >= 4 is 20.4 Å². The fourth-order valence-corrected chi connectivity index (χ4v) is 1.56. The van der Waals surface area contributed by atoms with Crippen molar-refractivity contribution in [1.29, 1.82) is 0 Å². The minimum absolute atomic E-state index is 0.954. The minimum Gasteiger partial charge on any atom is -0.0841 e. The third kappa shape index (κ3) is 1.93. The largest absolute Gasteiger partial charge is 0.0841 e. The summed E-state index contributed by atoms with van der Waals surface area (Å²) in [7, 11) is 0. The van der Waals surface area contributed by atoms with Crippen LogP contribution in [0.5, 0.6) is 0 Å². The van der Waals surface area contributed by atoms with Gasteiger partial charge in [-0.05, 0) is 25.0 Å². The van der Waals surface area contributed by atoms with Crippen LogP contribution < -0.4 is 0 Å². The SMILES string of the molecule is C=C(Br)c1ccc(C)cc1C. The standard InChI is InChI=1S/C10H11Br/c1-7-4-5-10(9(3)11)8(2)6-7/h4-6H,3H2,1-2H3. The number of aryl methyl sites for hydroxylation is 2. The van der Waals surface area contributed by atoms with Gasteiger partial charge in [0.2, 0.25) is 0 Å². The Kier molecular flexibility index (Phi) is 2.50. The summed E-state index contributed by atoms with van der Waals surface area (Å²) < 4.78 is 0.954. The van der Waals surface area contributed by atoms with Gasteiger partial charge in [0.1, 0.15) is 0 Å². The molecule has 0 spiro atoms. The molecule has 11 heavy (non-hydrogen) atoms. The van der Waals surface area contributed by atoms with Crippen LogP contribution in [0.4, 0.5) is 0 Å². The van der Waals surface area contributed by atoms with E-state index in [-0.39, 0.29) is 0 Å². The van der Waals surface area contributed by atoms with Crippen LogP contribution in [-0.2, 0) is 0 Å². The molecular formula is C10H11Br. The van der Waals surface area contributed by atoms with E-state index < -0.39 is 0 Å². The Morgan fingerprint density at radius 1 is 1.36 bits per heavy atom. The van der Waals surface area contributed by atoms with E-state index in [4.69, 9.17) is 0 Å². The van der Waals surface area contributed by atoms with Gasteiger partial charge in [-0.25, -0.2) is 0 Å². The molecule has 0 saturated carbocycles. The topological polar surface area (TPSA) is 0 Å². The number of hydrogen-bond acceptors (Lipinski definition) is 0. The molecule has 0 aromatic heterocycles. The Hall–Kier alpha value is -0.560. The number of halogens is 1. The molecule has 0 nitrogen and oxygen atoms in total. The van der Waals surface area contributed by atoms with Crippen molar-refractivity contribution in [3.05, 3.63) is 41.5 Å². The Bertz CT molecular complexity index is 287. The van der Waals surface area contributed by atoms with Crippen molar-refractivity contribution in [2.75, 3.05) is 0 Å². The molecule has 0 N–H and O–H groups in total. The van der Waals surface area contributed by atoms with Gasteiger partial charge >= 0.3 is 0 Å². The maximum Gasteiger partial charge on any atom is 0.0178 e. The molecule has 0 unspecified atom stereocenters. The Morgan fingerprint density at radius 2 is 2.00 bits per heavy atom. The molecule has 0 bridgehead atoms. The normalized spacial score (nSPS) is 9.73. The zero-order valence-electron chi connectivity index (χ0n) is 6.82. The molecule has 0 aliphatic rings. The predicted molar refractivity (Wildman–Crippen MR) is 53.9 cm³/mol. The maximum absolute atomic E-state index is 3.83. The smallest absolute Gasteiger partial charge is 0.0178 e. The maximum atomic E-state index is 3.83. The van der Waals surface area contributed by atoms with Crippen LogP contribution in [0.25, 0.3) is 4.48 Å². The molecular weight excluding hydrogens is 200 g/mol. The zero-order chi connectivity index (χ0) is 8.43. The molecule has 1 rings (SSSR count). The lowest BCUT2D eigenvalue weighted by atomic mass is 10.1. The van der Waals surface area contributed by atoms with Gasteiger partial charge in [0, 0.05) is 4.48 Å². The fourth-order valence-electron chi connectivity index (χ4n) is 1.12. The van der Waals surface area contributed by atoms with Gasteiger partial charge < -0.3 is 0 Å². The van der Waals surface area contributed by atoms with Gasteiger partial charge in [-0.3, -0.25) is 0 Å². The van der Waals surface area contributed by atoms with E-state index in [0.717, 1.165) is 4.48 Å². The van der Waals surface area contributed by atoms with E-state index in [2.05, 4.69) is 54.6 Å². The van der Waals surface area contributed by atoms with E-state index in [1.807, 2.05) is 0 Å². The fraction of sp³-hybridized carbons (Fsp3) is 0.200. The summed E-state index contributed by atoms with van der Waals surface area (Å²) in [4.78, 5) is 0. The Morgan fingerprint density at radius 3 is 2.45 bits per heavy atom. The highest BCUT2D eigenvalue weighted by molar-refractivity contribution is 9.15. The van der Waals surface area contributed by atoms with Gasteiger partial charge in [-0.1, -0.05) is 46.3 Å². The third-order valence-electron chi connectivity index (χ3n) is 1.67. The molecule has 1 heteroatoms. The lowest BCUT2D eigenvalue weighted by Gasteiger charge is -2.03. The molecule has 0 amide bonds. The van der Waals surface area contributed by atoms with Crippen molar-refractivity contribution in [2.24, 2.45) is 0 Å². The first kappa shape index (κ1) is 8.54. The highest BCUT2D eigenvalue weighted by atomic mass is 79.9. The monoisotopic (exact) mass is 210 g/mol. The van der Waals surface area contributed by atoms with Crippen molar-refractivity contribution in [1.82, 2.24) is 0 Å². The summed E-state index contributed by atoms with van der Waals surface area (Å²) in [5.74, 6) is 0. The summed E-state index contributed by atoms with van der Waals surface area (Å²) in [6, 6.07) is 6.33. The summed E-state index contributed by atoms with van der Waals surface area (Å²) in [5, 5.41) is 0. The second-order valence-corrected chi connectivity index (χ2v) is 3.68. The van der Waals surface area contributed by atoms with Crippen molar-refractivity contribution in [3.8, 4) is 0 Å². The first-order valence-electron chi connectivity index (χ1n) is 3.53. The quantitative estimate of drug-likeness (QED) is 0.664. The molecule has 58 valence electrons. The third-order valence-corrected chi connectivity index (χ3v) is 2.10. The molecule has 0 aliphatic heterocycles. The van der Waals surface area contributed by atoms with Gasteiger partial charge in [0.25, 0.3) is 0 Å². The van der Waals surface area contributed by atoms with Crippen LogP contribution in [-0.4, -0.2) is 0 Å². The highest BCUT2D eigenvalue weighted by Gasteiger charge is 1.98. The van der Waals surface area contributed by atoms with E-state index in [1.54, 1.807) is 0 Å². The van der Waals surface area contributed by atoms with Crippen LogP contribution >= 0.6 is 15.9 Å². The first-order chi connectivity index (χ1) is 5.11. The summed E-state index contributed by atoms with van der Waals surface area (Å²) in [6.45, 7) is 8.02. The van der Waals surface area contributed by atoms with Crippen LogP contribution in [0.2, 0.25) is 0 Å². The molecule has 0 atom stereocenters. The number of benzene rings is 1.